The van der Waals surface area contributed by atoms with Gasteiger partial charge in [-0.15, -0.1) is 0 Å². The van der Waals surface area contributed by atoms with E-state index in [0.29, 0.717) is 22.0 Å². The molecule has 1 heterocycles. The maximum atomic E-state index is 12.6. The Morgan fingerprint density at radius 2 is 1.85 bits per heavy atom. The van der Waals surface area contributed by atoms with Crippen molar-refractivity contribution in [3.8, 4) is 6.07 Å². The predicted octanol–water partition coefficient (Wildman–Crippen LogP) is 2.53. The number of nitrogens with zero attached hydrogens (tertiary/aromatic N) is 2. The predicted molar refractivity (Wildman–Crippen MR) is 95.5 cm³/mol. The van der Waals surface area contributed by atoms with Crippen molar-refractivity contribution in [1.82, 2.24) is 10.3 Å². The quantitative estimate of drug-likeness (QED) is 0.739. The number of carboxylic acid groups (broad SMARTS) is 1. The summed E-state index contributed by atoms with van der Waals surface area (Å²) < 4.78 is 0. The summed E-state index contributed by atoms with van der Waals surface area (Å²) in [4.78, 5) is 28.4. The van der Waals surface area contributed by atoms with Gasteiger partial charge in [-0.3, -0.25) is 9.78 Å². The van der Waals surface area contributed by atoms with Crippen molar-refractivity contribution >= 4 is 22.8 Å². The molecule has 0 spiro atoms. The third-order valence-electron chi connectivity index (χ3n) is 4.02. The van der Waals surface area contributed by atoms with E-state index in [4.69, 9.17) is 5.26 Å². The Morgan fingerprint density at radius 1 is 1.12 bits per heavy atom. The number of carboxylic acids is 1. The first-order chi connectivity index (χ1) is 12.6. The fraction of sp³-hybridized carbons (Fsp3) is 0.100. The number of fused-ring (bicyclic) bond motifs is 1. The van der Waals surface area contributed by atoms with Crippen molar-refractivity contribution in [2.24, 2.45) is 0 Å². The topological polar surface area (TPSA) is 103 Å². The molecule has 0 aliphatic heterocycles. The Morgan fingerprint density at radius 3 is 2.54 bits per heavy atom. The SMILES string of the molecule is N#Cc1ccc(C[C@@H](NC(=O)c2ccnc3ccccc23)C(=O)O)cc1. The number of nitrogens with one attached hydrogen (secondary N) is 1. The van der Waals surface area contributed by atoms with Crippen molar-refractivity contribution in [3.05, 3.63) is 77.5 Å². The van der Waals surface area contributed by atoms with Crippen molar-refractivity contribution < 1.29 is 14.7 Å². The Hall–Kier alpha value is -3.72. The van der Waals surface area contributed by atoms with E-state index in [0.717, 1.165) is 5.56 Å². The molecule has 1 amide bonds. The Labute approximate surface area is 149 Å². The van der Waals surface area contributed by atoms with E-state index in [9.17, 15) is 14.7 Å². The van der Waals surface area contributed by atoms with Crippen LogP contribution in [0, 0.1) is 11.3 Å². The minimum atomic E-state index is -1.12. The van der Waals surface area contributed by atoms with Crippen LogP contribution in [0.5, 0.6) is 0 Å². The Balaban J connectivity index is 1.82. The number of aliphatic carboxylic acids is 1. The van der Waals surface area contributed by atoms with Gasteiger partial charge >= 0.3 is 5.97 Å². The molecule has 0 unspecified atom stereocenters. The zero-order chi connectivity index (χ0) is 18.5. The van der Waals surface area contributed by atoms with Crippen molar-refractivity contribution in [2.45, 2.75) is 12.5 Å². The van der Waals surface area contributed by atoms with Gasteiger partial charge in [0.15, 0.2) is 0 Å². The minimum Gasteiger partial charge on any atom is -0.480 e. The molecule has 0 fully saturated rings. The van der Waals surface area contributed by atoms with Gasteiger partial charge in [-0.2, -0.15) is 5.26 Å². The molecular formula is C20H15N3O3. The summed E-state index contributed by atoms with van der Waals surface area (Å²) in [5.74, 6) is -1.59. The first-order valence-corrected chi connectivity index (χ1v) is 7.95. The van der Waals surface area contributed by atoms with Crippen LogP contribution < -0.4 is 5.32 Å². The van der Waals surface area contributed by atoms with Gasteiger partial charge in [0, 0.05) is 18.0 Å². The lowest BCUT2D eigenvalue weighted by atomic mass is 10.0. The monoisotopic (exact) mass is 345 g/mol. The molecular weight excluding hydrogens is 330 g/mol. The van der Waals surface area contributed by atoms with Crippen LogP contribution in [-0.2, 0) is 11.2 Å². The van der Waals surface area contributed by atoms with E-state index < -0.39 is 17.9 Å². The number of amides is 1. The van der Waals surface area contributed by atoms with Gasteiger partial charge in [0.2, 0.25) is 0 Å². The second-order valence-electron chi connectivity index (χ2n) is 5.75. The number of nitriles is 1. The summed E-state index contributed by atoms with van der Waals surface area (Å²) in [7, 11) is 0. The number of para-hydroxylation sites is 1. The average molecular weight is 345 g/mol. The van der Waals surface area contributed by atoms with Crippen molar-refractivity contribution in [2.75, 3.05) is 0 Å². The van der Waals surface area contributed by atoms with Gasteiger partial charge in [0.1, 0.15) is 6.04 Å². The fourth-order valence-corrected chi connectivity index (χ4v) is 2.68. The second kappa shape index (κ2) is 7.45. The van der Waals surface area contributed by atoms with Crippen LogP contribution >= 0.6 is 0 Å². The van der Waals surface area contributed by atoms with Gasteiger partial charge in [0.05, 0.1) is 22.7 Å². The number of hydrogen-bond acceptors (Lipinski definition) is 4. The first kappa shape index (κ1) is 17.1. The van der Waals surface area contributed by atoms with Gasteiger partial charge in [-0.05, 0) is 29.8 Å². The number of aromatic nitrogens is 1. The maximum Gasteiger partial charge on any atom is 0.326 e. The zero-order valence-electron chi connectivity index (χ0n) is 13.7. The van der Waals surface area contributed by atoms with E-state index >= 15 is 0 Å². The van der Waals surface area contributed by atoms with E-state index in [-0.39, 0.29) is 6.42 Å². The highest BCUT2D eigenvalue weighted by atomic mass is 16.4. The van der Waals surface area contributed by atoms with Gasteiger partial charge in [-0.1, -0.05) is 30.3 Å². The van der Waals surface area contributed by atoms with Crippen LogP contribution in [0.2, 0.25) is 0 Å². The molecule has 2 aromatic carbocycles. The van der Waals surface area contributed by atoms with Crippen molar-refractivity contribution in [3.63, 3.8) is 0 Å². The molecule has 1 atom stereocenters. The number of rotatable bonds is 5. The molecule has 0 saturated heterocycles. The number of hydrogen-bond donors (Lipinski definition) is 2. The van der Waals surface area contributed by atoms with Gasteiger partial charge < -0.3 is 10.4 Å². The molecule has 0 saturated carbocycles. The molecule has 0 aliphatic carbocycles. The van der Waals surface area contributed by atoms with E-state index in [1.807, 2.05) is 12.1 Å². The molecule has 6 nitrogen and oxygen atoms in total. The molecule has 26 heavy (non-hydrogen) atoms. The summed E-state index contributed by atoms with van der Waals surface area (Å²) in [6, 6.07) is 16.3. The van der Waals surface area contributed by atoms with Crippen molar-refractivity contribution in [1.29, 1.82) is 5.26 Å². The van der Waals surface area contributed by atoms with Gasteiger partial charge in [-0.25, -0.2) is 4.79 Å². The fourth-order valence-electron chi connectivity index (χ4n) is 2.68. The average Bonchev–Trinajstić information content (AvgIpc) is 2.67. The molecule has 0 radical (unpaired) electrons. The largest absolute Gasteiger partial charge is 0.480 e. The summed E-state index contributed by atoms with van der Waals surface area (Å²) >= 11 is 0. The lowest BCUT2D eigenvalue weighted by Gasteiger charge is -2.15. The van der Waals surface area contributed by atoms with Crippen LogP contribution in [0.15, 0.2) is 60.8 Å². The lowest BCUT2D eigenvalue weighted by Crippen LogP contribution is -2.42. The summed E-state index contributed by atoms with van der Waals surface area (Å²) in [6.45, 7) is 0. The van der Waals surface area contributed by atoms with Crippen LogP contribution in [-0.4, -0.2) is 28.0 Å². The van der Waals surface area contributed by atoms with Crippen LogP contribution in [0.25, 0.3) is 10.9 Å². The van der Waals surface area contributed by atoms with E-state index in [1.54, 1.807) is 48.5 Å². The Bertz CT molecular complexity index is 1000. The Kier molecular flexibility index (Phi) is 4.90. The molecule has 0 aliphatic rings. The number of carbonyl (C=O) groups is 2. The summed E-state index contributed by atoms with van der Waals surface area (Å²) in [5, 5.41) is 21.5. The molecule has 1 aromatic heterocycles. The van der Waals surface area contributed by atoms with Crippen LogP contribution in [0.3, 0.4) is 0 Å². The van der Waals surface area contributed by atoms with E-state index in [1.165, 1.54) is 6.20 Å². The highest BCUT2D eigenvalue weighted by Crippen LogP contribution is 2.16. The standard InChI is InChI=1S/C20H15N3O3/c21-12-14-7-5-13(6-8-14)11-18(20(25)26)23-19(24)16-9-10-22-17-4-2-1-3-15(16)17/h1-10,18H,11H2,(H,23,24)(H,25,26)/t18-/m1/s1. The smallest absolute Gasteiger partial charge is 0.326 e. The maximum absolute atomic E-state index is 12.6. The summed E-state index contributed by atoms with van der Waals surface area (Å²) in [6.07, 6.45) is 1.64. The van der Waals surface area contributed by atoms with Crippen LogP contribution in [0.4, 0.5) is 0 Å². The molecule has 128 valence electrons. The number of benzene rings is 2. The lowest BCUT2D eigenvalue weighted by molar-refractivity contribution is -0.139. The number of pyridine rings is 1. The molecule has 2 N–H and O–H groups in total. The highest BCUT2D eigenvalue weighted by molar-refractivity contribution is 6.06. The zero-order valence-corrected chi connectivity index (χ0v) is 13.7. The third-order valence-corrected chi connectivity index (χ3v) is 4.02. The third kappa shape index (κ3) is 3.68. The highest BCUT2D eigenvalue weighted by Gasteiger charge is 2.22. The molecule has 0 bridgehead atoms. The normalized spacial score (nSPS) is 11.5. The van der Waals surface area contributed by atoms with Crippen LogP contribution in [0.1, 0.15) is 21.5 Å². The summed E-state index contributed by atoms with van der Waals surface area (Å²) in [5.41, 5.74) is 2.25. The molecule has 6 heteroatoms. The van der Waals surface area contributed by atoms with E-state index in [2.05, 4.69) is 10.3 Å². The first-order valence-electron chi connectivity index (χ1n) is 7.95. The number of carbonyl (C=O) groups excluding carboxylic acids is 1. The minimum absolute atomic E-state index is 0.121. The second-order valence-corrected chi connectivity index (χ2v) is 5.75. The molecule has 3 rings (SSSR count). The molecule has 3 aromatic rings. The van der Waals surface area contributed by atoms with Gasteiger partial charge in [0.25, 0.3) is 5.91 Å².